The maximum absolute atomic E-state index is 12.3. The lowest BCUT2D eigenvalue weighted by atomic mass is 9.93. The first-order valence-electron chi connectivity index (χ1n) is 10.2. The predicted octanol–water partition coefficient (Wildman–Crippen LogP) is 2.89. The zero-order chi connectivity index (χ0) is 20.5. The lowest BCUT2D eigenvalue weighted by Gasteiger charge is -2.28. The number of nitrogens with one attached hydrogen (secondary N) is 1. The average molecular weight is 397 g/mol. The Morgan fingerprint density at radius 3 is 2.83 bits per heavy atom. The van der Waals surface area contributed by atoms with Crippen molar-refractivity contribution in [3.05, 3.63) is 77.6 Å². The number of aromatic nitrogens is 2. The Morgan fingerprint density at radius 1 is 1.03 bits per heavy atom. The molecule has 1 saturated heterocycles. The second-order valence-electron chi connectivity index (χ2n) is 7.70. The van der Waals surface area contributed by atoms with Crippen molar-refractivity contribution in [1.29, 1.82) is 0 Å². The summed E-state index contributed by atoms with van der Waals surface area (Å²) in [5, 5.41) is 6.43. The first-order chi connectivity index (χ1) is 14.7. The van der Waals surface area contributed by atoms with E-state index in [4.69, 9.17) is 5.73 Å². The van der Waals surface area contributed by atoms with Gasteiger partial charge in [0.15, 0.2) is 0 Å². The number of nitrogens with zero attached hydrogens (tertiary/aromatic N) is 3. The molecule has 2 heterocycles. The SMILES string of the molecule is Nc1ncnc2cc(Cc3c(CN4CCNCC4=O)ccc4ccccc34)ccc12. The number of piperazine rings is 1. The van der Waals surface area contributed by atoms with Crippen LogP contribution in [0.5, 0.6) is 0 Å². The normalized spacial score (nSPS) is 14.5. The summed E-state index contributed by atoms with van der Waals surface area (Å²) in [6, 6.07) is 18.9. The molecule has 0 unspecified atom stereocenters. The minimum absolute atomic E-state index is 0.151. The molecule has 5 rings (SSSR count). The van der Waals surface area contributed by atoms with Gasteiger partial charge in [0.05, 0.1) is 12.1 Å². The van der Waals surface area contributed by atoms with Crippen LogP contribution in [0.3, 0.4) is 0 Å². The van der Waals surface area contributed by atoms with Gasteiger partial charge in [-0.25, -0.2) is 9.97 Å². The second kappa shape index (κ2) is 7.72. The van der Waals surface area contributed by atoms with Crippen molar-refractivity contribution >= 4 is 33.4 Å². The molecule has 6 heteroatoms. The van der Waals surface area contributed by atoms with E-state index in [1.165, 1.54) is 28.2 Å². The first-order valence-corrected chi connectivity index (χ1v) is 10.2. The van der Waals surface area contributed by atoms with Gasteiger partial charge in [0.1, 0.15) is 12.1 Å². The lowest BCUT2D eigenvalue weighted by Crippen LogP contribution is -2.47. The van der Waals surface area contributed by atoms with Crippen molar-refractivity contribution in [2.75, 3.05) is 25.4 Å². The van der Waals surface area contributed by atoms with Crippen molar-refractivity contribution in [1.82, 2.24) is 20.2 Å². The highest BCUT2D eigenvalue weighted by Crippen LogP contribution is 2.28. The number of carbonyl (C=O) groups excluding carboxylic acids is 1. The molecule has 0 spiro atoms. The third-order valence-electron chi connectivity index (χ3n) is 5.80. The highest BCUT2D eigenvalue weighted by atomic mass is 16.2. The summed E-state index contributed by atoms with van der Waals surface area (Å²) in [7, 11) is 0. The number of hydrogen-bond donors (Lipinski definition) is 2. The van der Waals surface area contributed by atoms with Crippen LogP contribution in [0.1, 0.15) is 16.7 Å². The molecular formula is C24H23N5O. The summed E-state index contributed by atoms with van der Waals surface area (Å²) in [6.07, 6.45) is 2.26. The number of fused-ring (bicyclic) bond motifs is 2. The molecule has 0 atom stereocenters. The topological polar surface area (TPSA) is 84.1 Å². The Balaban J connectivity index is 1.57. The molecule has 1 aromatic heterocycles. The Hall–Kier alpha value is -3.51. The van der Waals surface area contributed by atoms with Crippen molar-refractivity contribution in [2.24, 2.45) is 0 Å². The lowest BCUT2D eigenvalue weighted by molar-refractivity contribution is -0.132. The Morgan fingerprint density at radius 2 is 1.93 bits per heavy atom. The Kier molecular flexibility index (Phi) is 4.77. The van der Waals surface area contributed by atoms with Gasteiger partial charge in [-0.3, -0.25) is 4.79 Å². The molecule has 3 N–H and O–H groups in total. The van der Waals surface area contributed by atoms with Crippen molar-refractivity contribution < 1.29 is 4.79 Å². The fourth-order valence-electron chi connectivity index (χ4n) is 4.19. The summed E-state index contributed by atoms with van der Waals surface area (Å²) in [5.74, 6) is 0.646. The highest BCUT2D eigenvalue weighted by Gasteiger charge is 2.20. The van der Waals surface area contributed by atoms with Crippen LogP contribution in [-0.2, 0) is 17.8 Å². The summed E-state index contributed by atoms with van der Waals surface area (Å²) in [4.78, 5) is 22.7. The minimum Gasteiger partial charge on any atom is -0.383 e. The number of benzene rings is 3. The van der Waals surface area contributed by atoms with E-state index in [2.05, 4.69) is 63.8 Å². The van der Waals surface area contributed by atoms with Crippen LogP contribution in [-0.4, -0.2) is 40.4 Å². The summed E-state index contributed by atoms with van der Waals surface area (Å²) in [5.41, 5.74) is 10.4. The Bertz CT molecular complexity index is 1250. The van der Waals surface area contributed by atoms with Gasteiger partial charge < -0.3 is 16.0 Å². The number of nitrogens with two attached hydrogens (primary N) is 1. The zero-order valence-electron chi connectivity index (χ0n) is 16.6. The van der Waals surface area contributed by atoms with Gasteiger partial charge in [-0.2, -0.15) is 0 Å². The molecule has 1 fully saturated rings. The van der Waals surface area contributed by atoms with Crippen LogP contribution in [0, 0.1) is 0 Å². The van der Waals surface area contributed by atoms with Gasteiger partial charge in [0.2, 0.25) is 5.91 Å². The van der Waals surface area contributed by atoms with Crippen molar-refractivity contribution in [2.45, 2.75) is 13.0 Å². The average Bonchev–Trinajstić information content (AvgIpc) is 2.77. The fourth-order valence-corrected chi connectivity index (χ4v) is 4.19. The van der Waals surface area contributed by atoms with Crippen LogP contribution in [0.2, 0.25) is 0 Å². The Labute approximate surface area is 174 Å². The largest absolute Gasteiger partial charge is 0.383 e. The van der Waals surface area contributed by atoms with Crippen LogP contribution in [0.15, 0.2) is 60.9 Å². The molecule has 3 aromatic carbocycles. The number of rotatable bonds is 4. The third kappa shape index (κ3) is 3.46. The second-order valence-corrected chi connectivity index (χ2v) is 7.70. The van der Waals surface area contributed by atoms with E-state index in [0.717, 1.165) is 36.0 Å². The van der Waals surface area contributed by atoms with Crippen LogP contribution in [0.4, 0.5) is 5.82 Å². The van der Waals surface area contributed by atoms with Gasteiger partial charge in [-0.15, -0.1) is 0 Å². The van der Waals surface area contributed by atoms with E-state index >= 15 is 0 Å². The molecular weight excluding hydrogens is 374 g/mol. The monoisotopic (exact) mass is 397 g/mol. The summed E-state index contributed by atoms with van der Waals surface area (Å²) >= 11 is 0. The molecule has 0 bridgehead atoms. The minimum atomic E-state index is 0.151. The summed E-state index contributed by atoms with van der Waals surface area (Å²) < 4.78 is 0. The molecule has 150 valence electrons. The molecule has 0 radical (unpaired) electrons. The molecule has 0 aliphatic carbocycles. The van der Waals surface area contributed by atoms with Gasteiger partial charge in [0, 0.05) is 25.0 Å². The standard InChI is InChI=1S/C24H23N5O/c25-24-20-8-5-16(12-22(20)27-15-28-24)11-21-18(14-29-10-9-26-13-23(29)30)7-6-17-3-1-2-4-19(17)21/h1-8,12,15,26H,9-11,13-14H2,(H2,25,27,28). The molecule has 30 heavy (non-hydrogen) atoms. The molecule has 0 saturated carbocycles. The van der Waals surface area contributed by atoms with E-state index in [1.54, 1.807) is 0 Å². The van der Waals surface area contributed by atoms with Crippen LogP contribution in [0.25, 0.3) is 21.7 Å². The summed E-state index contributed by atoms with van der Waals surface area (Å²) in [6.45, 7) is 2.61. The van der Waals surface area contributed by atoms with Crippen molar-refractivity contribution in [3.63, 3.8) is 0 Å². The van der Waals surface area contributed by atoms with E-state index in [1.807, 2.05) is 11.0 Å². The van der Waals surface area contributed by atoms with E-state index in [-0.39, 0.29) is 5.91 Å². The van der Waals surface area contributed by atoms with Gasteiger partial charge >= 0.3 is 0 Å². The predicted molar refractivity (Wildman–Crippen MR) is 119 cm³/mol. The maximum Gasteiger partial charge on any atom is 0.236 e. The van der Waals surface area contributed by atoms with Crippen molar-refractivity contribution in [3.8, 4) is 0 Å². The molecule has 4 aromatic rings. The highest BCUT2D eigenvalue weighted by molar-refractivity contribution is 5.89. The first kappa shape index (κ1) is 18.5. The van der Waals surface area contributed by atoms with E-state index in [9.17, 15) is 4.79 Å². The number of carbonyl (C=O) groups is 1. The number of hydrogen-bond acceptors (Lipinski definition) is 5. The zero-order valence-corrected chi connectivity index (χ0v) is 16.6. The van der Waals surface area contributed by atoms with Gasteiger partial charge in [0.25, 0.3) is 0 Å². The number of anilines is 1. The maximum atomic E-state index is 12.3. The third-order valence-corrected chi connectivity index (χ3v) is 5.80. The van der Waals surface area contributed by atoms with Crippen LogP contribution >= 0.6 is 0 Å². The quantitative estimate of drug-likeness (QED) is 0.553. The molecule has 1 aliphatic heterocycles. The van der Waals surface area contributed by atoms with E-state index in [0.29, 0.717) is 18.9 Å². The smallest absolute Gasteiger partial charge is 0.236 e. The molecule has 6 nitrogen and oxygen atoms in total. The molecule has 1 amide bonds. The number of amides is 1. The van der Waals surface area contributed by atoms with Gasteiger partial charge in [-0.1, -0.05) is 42.5 Å². The molecule has 1 aliphatic rings. The van der Waals surface area contributed by atoms with Crippen LogP contribution < -0.4 is 11.1 Å². The van der Waals surface area contributed by atoms with Gasteiger partial charge in [-0.05, 0) is 46.0 Å². The number of nitrogen functional groups attached to an aromatic ring is 1. The van der Waals surface area contributed by atoms with E-state index < -0.39 is 0 Å². The fraction of sp³-hybridized carbons (Fsp3) is 0.208.